The molecule has 1 aliphatic carbocycles. The Labute approximate surface area is 164 Å². The minimum Gasteiger partial charge on any atom is -0.497 e. The zero-order valence-electron chi connectivity index (χ0n) is 15.9. The maximum Gasteiger partial charge on any atom is 0.252 e. The van der Waals surface area contributed by atoms with Gasteiger partial charge in [0.25, 0.3) is 5.91 Å². The van der Waals surface area contributed by atoms with Gasteiger partial charge in [-0.15, -0.1) is 11.3 Å². The number of ether oxygens (including phenoxy) is 2. The number of benzene rings is 1. The van der Waals surface area contributed by atoms with E-state index in [4.69, 9.17) is 9.47 Å². The molecule has 27 heavy (non-hydrogen) atoms. The molecule has 146 valence electrons. The van der Waals surface area contributed by atoms with E-state index in [0.29, 0.717) is 12.5 Å². The van der Waals surface area contributed by atoms with Crippen molar-refractivity contribution in [1.82, 2.24) is 5.32 Å². The van der Waals surface area contributed by atoms with Gasteiger partial charge in [0, 0.05) is 16.8 Å². The first-order valence-electron chi connectivity index (χ1n) is 9.33. The lowest BCUT2D eigenvalue weighted by Crippen LogP contribution is -2.35. The number of aliphatic hydroxyl groups excluding tert-OH is 1. The van der Waals surface area contributed by atoms with Crippen LogP contribution in [0, 0.1) is 5.92 Å². The third-order valence-corrected chi connectivity index (χ3v) is 5.93. The lowest BCUT2D eigenvalue weighted by molar-refractivity contribution is 0.0285. The number of amides is 1. The lowest BCUT2D eigenvalue weighted by atomic mass is 9.88. The molecule has 2 aromatic rings. The third kappa shape index (κ3) is 5.31. The molecule has 1 amide bonds. The van der Waals surface area contributed by atoms with Crippen LogP contribution in [0.25, 0.3) is 0 Å². The molecular weight excluding hydrogens is 362 g/mol. The second-order valence-corrected chi connectivity index (χ2v) is 8.09. The Bertz CT molecular complexity index is 756. The average molecular weight is 390 g/mol. The number of aliphatic hydroxyl groups is 1. The maximum absolute atomic E-state index is 12.5. The van der Waals surface area contributed by atoms with E-state index in [1.807, 2.05) is 29.6 Å². The van der Waals surface area contributed by atoms with Crippen LogP contribution in [0.5, 0.6) is 5.75 Å². The fraction of sp³-hybridized carbons (Fsp3) is 0.476. The molecule has 0 saturated carbocycles. The van der Waals surface area contributed by atoms with Gasteiger partial charge in [0.2, 0.25) is 0 Å². The molecule has 0 radical (unpaired) electrons. The van der Waals surface area contributed by atoms with E-state index in [-0.39, 0.29) is 19.1 Å². The van der Waals surface area contributed by atoms with Crippen molar-refractivity contribution >= 4 is 17.2 Å². The van der Waals surface area contributed by atoms with Crippen LogP contribution < -0.4 is 10.1 Å². The Hall–Kier alpha value is -1.89. The van der Waals surface area contributed by atoms with Crippen LogP contribution in [0.3, 0.4) is 0 Å². The van der Waals surface area contributed by atoms with Gasteiger partial charge in [-0.2, -0.15) is 0 Å². The van der Waals surface area contributed by atoms with Crippen LogP contribution in [-0.2, 0) is 24.2 Å². The molecule has 1 aromatic heterocycles. The third-order valence-electron chi connectivity index (χ3n) is 4.88. The van der Waals surface area contributed by atoms with E-state index >= 15 is 0 Å². The van der Waals surface area contributed by atoms with E-state index in [2.05, 4.69) is 12.2 Å². The number of hydrogen-bond donors (Lipinski definition) is 2. The minimum absolute atomic E-state index is 0.101. The quantitative estimate of drug-likeness (QED) is 0.728. The highest BCUT2D eigenvalue weighted by Crippen LogP contribution is 2.32. The fourth-order valence-corrected chi connectivity index (χ4v) is 4.51. The first-order chi connectivity index (χ1) is 13.1. The van der Waals surface area contributed by atoms with Gasteiger partial charge in [0.15, 0.2) is 0 Å². The van der Waals surface area contributed by atoms with Crippen molar-refractivity contribution in [1.29, 1.82) is 0 Å². The van der Waals surface area contributed by atoms with Gasteiger partial charge in [-0.3, -0.25) is 4.79 Å². The summed E-state index contributed by atoms with van der Waals surface area (Å²) < 4.78 is 10.7. The molecule has 0 fully saturated rings. The molecule has 1 aromatic carbocycles. The molecule has 0 saturated heterocycles. The van der Waals surface area contributed by atoms with Crippen LogP contribution in [0.15, 0.2) is 29.6 Å². The summed E-state index contributed by atoms with van der Waals surface area (Å²) >= 11 is 1.68. The van der Waals surface area contributed by atoms with Gasteiger partial charge in [0.05, 0.1) is 32.0 Å². The van der Waals surface area contributed by atoms with Crippen molar-refractivity contribution in [2.45, 2.75) is 38.9 Å². The van der Waals surface area contributed by atoms with Gasteiger partial charge in [-0.25, -0.2) is 0 Å². The summed E-state index contributed by atoms with van der Waals surface area (Å²) in [6.45, 7) is 3.02. The summed E-state index contributed by atoms with van der Waals surface area (Å²) in [6.07, 6.45) is 2.43. The Balaban J connectivity index is 1.41. The van der Waals surface area contributed by atoms with Crippen molar-refractivity contribution in [2.75, 3.05) is 20.3 Å². The van der Waals surface area contributed by atoms with Crippen LogP contribution >= 0.6 is 11.3 Å². The minimum atomic E-state index is -0.735. The zero-order chi connectivity index (χ0) is 19.2. The van der Waals surface area contributed by atoms with Crippen molar-refractivity contribution < 1.29 is 19.4 Å². The van der Waals surface area contributed by atoms with E-state index < -0.39 is 6.10 Å². The predicted octanol–water partition coefficient (Wildman–Crippen LogP) is 3.19. The van der Waals surface area contributed by atoms with Crippen molar-refractivity contribution in [3.8, 4) is 5.75 Å². The topological polar surface area (TPSA) is 67.8 Å². The molecule has 0 aliphatic heterocycles. The summed E-state index contributed by atoms with van der Waals surface area (Å²) in [7, 11) is 1.63. The molecule has 2 N–H and O–H groups in total. The molecule has 2 atom stereocenters. The average Bonchev–Trinajstić information content (AvgIpc) is 3.09. The Kier molecular flexibility index (Phi) is 6.88. The Morgan fingerprint density at radius 2 is 2.15 bits per heavy atom. The van der Waals surface area contributed by atoms with Gasteiger partial charge in [-0.05, 0) is 48.4 Å². The first kappa shape index (κ1) is 19.9. The lowest BCUT2D eigenvalue weighted by Gasteiger charge is -2.19. The molecule has 6 heteroatoms. The summed E-state index contributed by atoms with van der Waals surface area (Å²) in [5.74, 6) is 1.39. The summed E-state index contributed by atoms with van der Waals surface area (Å²) in [5, 5.41) is 14.9. The molecule has 1 heterocycles. The summed E-state index contributed by atoms with van der Waals surface area (Å²) in [5.41, 5.74) is 2.97. The molecule has 0 spiro atoms. The van der Waals surface area contributed by atoms with Gasteiger partial charge in [-0.1, -0.05) is 19.1 Å². The van der Waals surface area contributed by atoms with E-state index in [1.54, 1.807) is 18.4 Å². The zero-order valence-corrected chi connectivity index (χ0v) is 16.7. The first-order valence-corrected chi connectivity index (χ1v) is 10.2. The highest BCUT2D eigenvalue weighted by atomic mass is 32.1. The van der Waals surface area contributed by atoms with Crippen LogP contribution in [0.4, 0.5) is 0 Å². The number of hydrogen-bond acceptors (Lipinski definition) is 5. The largest absolute Gasteiger partial charge is 0.497 e. The second kappa shape index (κ2) is 9.35. The second-order valence-electron chi connectivity index (χ2n) is 7.13. The van der Waals surface area contributed by atoms with Crippen molar-refractivity contribution in [3.05, 3.63) is 51.2 Å². The number of rotatable bonds is 8. The van der Waals surface area contributed by atoms with E-state index in [0.717, 1.165) is 36.1 Å². The number of carbonyl (C=O) groups is 1. The van der Waals surface area contributed by atoms with E-state index in [1.165, 1.54) is 10.4 Å². The molecule has 2 unspecified atom stereocenters. The van der Waals surface area contributed by atoms with E-state index in [9.17, 15) is 9.90 Å². The Morgan fingerprint density at radius 3 is 2.89 bits per heavy atom. The van der Waals surface area contributed by atoms with Gasteiger partial charge < -0.3 is 19.9 Å². The number of fused-ring (bicyclic) bond motifs is 1. The van der Waals surface area contributed by atoms with Crippen molar-refractivity contribution in [2.24, 2.45) is 5.92 Å². The molecule has 3 rings (SSSR count). The van der Waals surface area contributed by atoms with Gasteiger partial charge in [0.1, 0.15) is 5.75 Å². The van der Waals surface area contributed by atoms with Crippen LogP contribution in [0.1, 0.15) is 39.7 Å². The fourth-order valence-electron chi connectivity index (χ4n) is 3.27. The number of thiophene rings is 1. The number of nitrogens with one attached hydrogen (secondary N) is 1. The monoisotopic (exact) mass is 389 g/mol. The summed E-state index contributed by atoms with van der Waals surface area (Å²) in [6, 6.07) is 7.59. The molecule has 1 aliphatic rings. The number of carbonyl (C=O) groups excluding carboxylic acids is 1. The molecule has 0 bridgehead atoms. The summed E-state index contributed by atoms with van der Waals surface area (Å²) in [4.78, 5) is 13.8. The SMILES string of the molecule is COc1ccc(COCC(O)CNC(=O)c2csc3c2CCC(C)C3)cc1. The highest BCUT2D eigenvalue weighted by Gasteiger charge is 2.23. The maximum atomic E-state index is 12.5. The smallest absolute Gasteiger partial charge is 0.252 e. The normalized spacial score (nSPS) is 17.2. The standard InChI is InChI=1S/C21H27NO4S/c1-14-3-8-18-19(13-27-20(18)9-14)21(24)22-10-16(23)12-26-11-15-4-6-17(25-2)7-5-15/h4-7,13-14,16,23H,3,8-12H2,1-2H3,(H,22,24). The number of methoxy groups -OCH3 is 1. The van der Waals surface area contributed by atoms with Crippen molar-refractivity contribution in [3.63, 3.8) is 0 Å². The molecule has 5 nitrogen and oxygen atoms in total. The highest BCUT2D eigenvalue weighted by molar-refractivity contribution is 7.10. The Morgan fingerprint density at radius 1 is 1.37 bits per heavy atom. The molecular formula is C21H27NO4S. The van der Waals surface area contributed by atoms with Crippen LogP contribution in [-0.4, -0.2) is 37.4 Å². The van der Waals surface area contributed by atoms with Gasteiger partial charge >= 0.3 is 0 Å². The predicted molar refractivity (Wildman–Crippen MR) is 106 cm³/mol. The van der Waals surface area contributed by atoms with Crippen LogP contribution in [0.2, 0.25) is 0 Å².